The summed E-state index contributed by atoms with van der Waals surface area (Å²) in [6, 6.07) is 9.44. The van der Waals surface area contributed by atoms with Crippen LogP contribution in [0.15, 0.2) is 35.0 Å². The summed E-state index contributed by atoms with van der Waals surface area (Å²) in [5.41, 5.74) is 2.95. The lowest BCUT2D eigenvalue weighted by Crippen LogP contribution is -2.45. The quantitative estimate of drug-likeness (QED) is 0.694. The molecule has 1 aromatic carbocycles. The molecule has 1 amide bonds. The molecule has 1 saturated heterocycles. The zero-order valence-corrected chi connectivity index (χ0v) is 16.3. The highest BCUT2D eigenvalue weighted by atomic mass is 35.5. The van der Waals surface area contributed by atoms with Crippen LogP contribution in [0.2, 0.25) is 5.02 Å². The van der Waals surface area contributed by atoms with Gasteiger partial charge < -0.3 is 14.4 Å². The van der Waals surface area contributed by atoms with Crippen molar-refractivity contribution in [3.63, 3.8) is 0 Å². The van der Waals surface area contributed by atoms with Crippen LogP contribution in [-0.2, 0) is 6.42 Å². The zero-order valence-electron chi connectivity index (χ0n) is 15.6. The van der Waals surface area contributed by atoms with Gasteiger partial charge in [0.1, 0.15) is 0 Å². The molecule has 0 aliphatic carbocycles. The number of fused-ring (bicyclic) bond motifs is 2. The van der Waals surface area contributed by atoms with Gasteiger partial charge in [-0.15, -0.1) is 0 Å². The normalized spacial score (nSPS) is 21.2. The molecule has 7 nitrogen and oxygen atoms in total. The van der Waals surface area contributed by atoms with Crippen molar-refractivity contribution in [2.75, 3.05) is 6.54 Å². The number of nitriles is 1. The predicted octanol–water partition coefficient (Wildman–Crippen LogP) is 3.92. The van der Waals surface area contributed by atoms with Gasteiger partial charge in [0.05, 0.1) is 28.3 Å². The lowest BCUT2D eigenvalue weighted by molar-refractivity contribution is 0.0570. The summed E-state index contributed by atoms with van der Waals surface area (Å²) in [5, 5.41) is 13.8. The number of amides is 1. The zero-order chi connectivity index (χ0) is 20.0. The van der Waals surface area contributed by atoms with Gasteiger partial charge in [0.25, 0.3) is 5.91 Å². The molecule has 4 heterocycles. The van der Waals surface area contributed by atoms with E-state index in [1.807, 2.05) is 11.0 Å². The Hall–Kier alpha value is -3.11. The minimum atomic E-state index is 0.00168. The molecule has 0 bridgehead atoms. The first-order valence-electron chi connectivity index (χ1n) is 9.64. The van der Waals surface area contributed by atoms with Crippen molar-refractivity contribution in [2.24, 2.45) is 0 Å². The molecule has 0 saturated carbocycles. The number of nitrogens with one attached hydrogen (secondary N) is 1. The molecule has 0 unspecified atom stereocenters. The smallest absolute Gasteiger partial charge is 0.254 e. The third-order valence-electron chi connectivity index (χ3n) is 5.86. The van der Waals surface area contributed by atoms with Crippen LogP contribution in [-0.4, -0.2) is 38.5 Å². The number of nitrogens with zero attached hydrogens (tertiary/aromatic N) is 4. The van der Waals surface area contributed by atoms with Crippen LogP contribution in [0.1, 0.15) is 52.6 Å². The van der Waals surface area contributed by atoms with Gasteiger partial charge in [-0.1, -0.05) is 16.8 Å². The summed E-state index contributed by atoms with van der Waals surface area (Å²) < 4.78 is 5.52. The van der Waals surface area contributed by atoms with E-state index in [0.717, 1.165) is 31.2 Å². The van der Waals surface area contributed by atoms with E-state index in [4.69, 9.17) is 21.4 Å². The van der Waals surface area contributed by atoms with Crippen LogP contribution in [0.25, 0.3) is 11.5 Å². The minimum absolute atomic E-state index is 0.00168. The molecule has 1 N–H and O–H groups in total. The molecule has 1 fully saturated rings. The van der Waals surface area contributed by atoms with Crippen LogP contribution in [0, 0.1) is 11.3 Å². The van der Waals surface area contributed by atoms with E-state index in [0.29, 0.717) is 40.1 Å². The second kappa shape index (κ2) is 7.05. The standard InChI is InChI=1S/C21H18ClN5O2/c22-15-8-18(24-10-15)19-25-20(29-26-19)14-3-5-16-4-2-13-7-12(9-23)1-6-17(13)21(28)27(16)11-14/h1,6-8,10,14,16,24H,2-5,11H2/t14-,16+/m1/s1. The van der Waals surface area contributed by atoms with Crippen LogP contribution in [0.4, 0.5) is 0 Å². The fourth-order valence-electron chi connectivity index (χ4n) is 4.34. The number of carbonyl (C=O) groups excluding carboxylic acids is 1. The molecule has 146 valence electrons. The van der Waals surface area contributed by atoms with Crippen molar-refractivity contribution in [3.8, 4) is 17.6 Å². The third kappa shape index (κ3) is 3.19. The Morgan fingerprint density at radius 1 is 1.28 bits per heavy atom. The van der Waals surface area contributed by atoms with Crippen molar-refractivity contribution in [3.05, 3.63) is 58.1 Å². The molecular formula is C21H18ClN5O2. The van der Waals surface area contributed by atoms with E-state index >= 15 is 0 Å². The fourth-order valence-corrected chi connectivity index (χ4v) is 4.50. The van der Waals surface area contributed by atoms with Gasteiger partial charge in [0.2, 0.25) is 11.7 Å². The van der Waals surface area contributed by atoms with Crippen molar-refractivity contribution in [2.45, 2.75) is 37.6 Å². The van der Waals surface area contributed by atoms with Gasteiger partial charge in [-0.05, 0) is 55.5 Å². The lowest BCUT2D eigenvalue weighted by Gasteiger charge is -2.37. The molecule has 0 radical (unpaired) electrons. The molecule has 3 aromatic rings. The molecule has 2 aromatic heterocycles. The number of aromatic nitrogens is 3. The molecule has 8 heteroatoms. The summed E-state index contributed by atoms with van der Waals surface area (Å²) >= 11 is 5.95. The highest BCUT2D eigenvalue weighted by Crippen LogP contribution is 2.35. The summed E-state index contributed by atoms with van der Waals surface area (Å²) in [5.74, 6) is 1.03. The Labute approximate surface area is 172 Å². The van der Waals surface area contributed by atoms with Crippen LogP contribution < -0.4 is 0 Å². The third-order valence-corrected chi connectivity index (χ3v) is 6.08. The minimum Gasteiger partial charge on any atom is -0.357 e. The summed E-state index contributed by atoms with van der Waals surface area (Å²) in [6.45, 7) is 0.552. The number of hydrogen-bond donors (Lipinski definition) is 1. The maximum absolute atomic E-state index is 13.2. The fraction of sp³-hybridized carbons (Fsp3) is 0.333. The van der Waals surface area contributed by atoms with Crippen LogP contribution in [0.5, 0.6) is 0 Å². The van der Waals surface area contributed by atoms with E-state index in [1.165, 1.54) is 0 Å². The Bertz CT molecular complexity index is 1130. The van der Waals surface area contributed by atoms with Crippen molar-refractivity contribution in [1.82, 2.24) is 20.0 Å². The predicted molar refractivity (Wildman–Crippen MR) is 105 cm³/mol. The number of H-pyrrole nitrogens is 1. The first-order chi connectivity index (χ1) is 14.1. The van der Waals surface area contributed by atoms with Gasteiger partial charge in [-0.3, -0.25) is 4.79 Å². The number of hydrogen-bond acceptors (Lipinski definition) is 5. The Balaban J connectivity index is 1.40. The number of aryl methyl sites for hydroxylation is 1. The highest BCUT2D eigenvalue weighted by molar-refractivity contribution is 6.30. The average molecular weight is 408 g/mol. The number of halogens is 1. The first kappa shape index (κ1) is 18.0. The van der Waals surface area contributed by atoms with Gasteiger partial charge >= 0.3 is 0 Å². The lowest BCUT2D eigenvalue weighted by atomic mass is 9.90. The van der Waals surface area contributed by atoms with E-state index in [1.54, 1.807) is 24.4 Å². The molecule has 2 aliphatic heterocycles. The maximum Gasteiger partial charge on any atom is 0.254 e. The monoisotopic (exact) mass is 407 g/mol. The second-order valence-electron chi connectivity index (χ2n) is 7.60. The second-order valence-corrected chi connectivity index (χ2v) is 8.03. The molecule has 0 spiro atoms. The number of benzene rings is 1. The van der Waals surface area contributed by atoms with Gasteiger partial charge in [-0.25, -0.2) is 0 Å². The summed E-state index contributed by atoms with van der Waals surface area (Å²) in [6.07, 6.45) is 5.16. The average Bonchev–Trinajstić information content (AvgIpc) is 3.38. The molecule has 29 heavy (non-hydrogen) atoms. The van der Waals surface area contributed by atoms with Gasteiger partial charge in [-0.2, -0.15) is 10.2 Å². The van der Waals surface area contributed by atoms with E-state index < -0.39 is 0 Å². The topological polar surface area (TPSA) is 98.8 Å². The molecule has 2 atom stereocenters. The highest BCUT2D eigenvalue weighted by Gasteiger charge is 2.37. The van der Waals surface area contributed by atoms with Crippen molar-refractivity contribution >= 4 is 17.5 Å². The van der Waals surface area contributed by atoms with Crippen molar-refractivity contribution in [1.29, 1.82) is 5.26 Å². The maximum atomic E-state index is 13.2. The van der Waals surface area contributed by atoms with Gasteiger partial charge in [0.15, 0.2) is 0 Å². The first-order valence-corrected chi connectivity index (χ1v) is 10.0. The van der Waals surface area contributed by atoms with E-state index in [2.05, 4.69) is 21.2 Å². The largest absolute Gasteiger partial charge is 0.357 e. The van der Waals surface area contributed by atoms with Crippen molar-refractivity contribution < 1.29 is 9.32 Å². The van der Waals surface area contributed by atoms with E-state index in [-0.39, 0.29) is 17.9 Å². The molecule has 2 aliphatic rings. The summed E-state index contributed by atoms with van der Waals surface area (Å²) in [7, 11) is 0. The SMILES string of the molecule is N#Cc1ccc2c(c1)CC[C@H]1CC[C@@H](c3nc(-c4cc(Cl)c[nH]4)no3)CN1C2=O. The molecular weight excluding hydrogens is 390 g/mol. The van der Waals surface area contributed by atoms with Crippen LogP contribution >= 0.6 is 11.6 Å². The number of aromatic amines is 1. The van der Waals surface area contributed by atoms with Crippen LogP contribution in [0.3, 0.4) is 0 Å². The Kier molecular flexibility index (Phi) is 4.36. The Morgan fingerprint density at radius 2 is 2.17 bits per heavy atom. The Morgan fingerprint density at radius 3 is 2.97 bits per heavy atom. The van der Waals surface area contributed by atoms with Gasteiger partial charge in [0, 0.05) is 24.3 Å². The molecule has 5 rings (SSSR count). The summed E-state index contributed by atoms with van der Waals surface area (Å²) in [4.78, 5) is 22.7. The number of rotatable bonds is 2. The number of carbonyl (C=O) groups is 1. The van der Waals surface area contributed by atoms with E-state index in [9.17, 15) is 4.79 Å². The number of piperidine rings is 1.